The Morgan fingerprint density at radius 3 is 2.66 bits per heavy atom. The molecule has 0 radical (unpaired) electrons. The number of likely N-dealkylation sites (N-methyl/N-ethyl adjacent to an activating group) is 1. The van der Waals surface area contributed by atoms with Crippen LogP contribution in [-0.4, -0.2) is 84.1 Å². The zero-order chi connectivity index (χ0) is 24.5. The van der Waals surface area contributed by atoms with Gasteiger partial charge in [-0.15, -0.1) is 0 Å². The zero-order valence-corrected chi connectivity index (χ0v) is 21.2. The van der Waals surface area contributed by atoms with Crippen LogP contribution >= 0.6 is 11.6 Å². The van der Waals surface area contributed by atoms with Gasteiger partial charge in [0.2, 0.25) is 0 Å². The van der Waals surface area contributed by atoms with E-state index in [2.05, 4.69) is 39.4 Å². The Bertz CT molecular complexity index is 1280. The van der Waals surface area contributed by atoms with E-state index in [0.29, 0.717) is 17.3 Å². The van der Waals surface area contributed by atoms with Crippen LogP contribution in [0, 0.1) is 6.92 Å². The molecule has 0 saturated carbocycles. The number of aromatic amines is 1. The van der Waals surface area contributed by atoms with Gasteiger partial charge in [-0.1, -0.05) is 17.7 Å². The molecule has 5 rings (SSSR count). The van der Waals surface area contributed by atoms with Gasteiger partial charge >= 0.3 is 6.03 Å². The molecular formula is C26H31ClN6O2. The number of anilines is 2. The van der Waals surface area contributed by atoms with Crippen molar-refractivity contribution >= 4 is 45.6 Å². The molecule has 2 aromatic heterocycles. The van der Waals surface area contributed by atoms with Gasteiger partial charge in [0.25, 0.3) is 0 Å². The summed E-state index contributed by atoms with van der Waals surface area (Å²) in [5.74, 6) is 0.636. The van der Waals surface area contributed by atoms with Crippen molar-refractivity contribution in [1.82, 2.24) is 24.7 Å². The van der Waals surface area contributed by atoms with Gasteiger partial charge in [-0.3, -0.25) is 0 Å². The number of halogens is 1. The summed E-state index contributed by atoms with van der Waals surface area (Å²) in [6.07, 6.45) is 4.75. The Kier molecular flexibility index (Phi) is 6.58. The van der Waals surface area contributed by atoms with Crippen LogP contribution in [0.1, 0.15) is 17.7 Å². The number of fused-ring (bicyclic) bond motifs is 1. The number of urea groups is 1. The summed E-state index contributed by atoms with van der Waals surface area (Å²) in [7, 11) is 3.71. The first-order valence-electron chi connectivity index (χ1n) is 11.9. The van der Waals surface area contributed by atoms with Gasteiger partial charge in [0.05, 0.1) is 17.8 Å². The molecule has 1 saturated heterocycles. The van der Waals surface area contributed by atoms with E-state index in [1.54, 1.807) is 13.3 Å². The van der Waals surface area contributed by atoms with E-state index in [-0.39, 0.29) is 6.03 Å². The van der Waals surface area contributed by atoms with Crippen molar-refractivity contribution < 1.29 is 9.53 Å². The maximum Gasteiger partial charge on any atom is 0.320 e. The van der Waals surface area contributed by atoms with E-state index in [4.69, 9.17) is 16.3 Å². The number of hydrogen-bond acceptors (Lipinski definition) is 5. The molecule has 8 nitrogen and oxygen atoms in total. The van der Waals surface area contributed by atoms with Crippen LogP contribution in [0.15, 0.2) is 36.5 Å². The number of piperazine rings is 1. The first-order valence-corrected chi connectivity index (χ1v) is 12.3. The van der Waals surface area contributed by atoms with Gasteiger partial charge in [0.15, 0.2) is 0 Å². The number of nitrogens with zero attached hydrogens (tertiary/aromatic N) is 4. The molecule has 4 heterocycles. The number of ether oxygens (including phenoxy) is 1. The van der Waals surface area contributed by atoms with E-state index in [0.717, 1.165) is 72.8 Å². The van der Waals surface area contributed by atoms with Gasteiger partial charge in [-0.05, 0) is 49.7 Å². The normalized spacial score (nSPS) is 17.0. The monoisotopic (exact) mass is 494 g/mol. The van der Waals surface area contributed by atoms with Crippen molar-refractivity contribution in [2.45, 2.75) is 13.3 Å². The van der Waals surface area contributed by atoms with Crippen LogP contribution in [0.2, 0.25) is 5.02 Å². The predicted molar refractivity (Wildman–Crippen MR) is 141 cm³/mol. The molecule has 2 N–H and O–H groups in total. The molecule has 1 fully saturated rings. The number of aromatic nitrogens is 2. The third kappa shape index (κ3) is 4.81. The second-order valence-electron chi connectivity index (χ2n) is 9.24. The van der Waals surface area contributed by atoms with E-state index >= 15 is 0 Å². The number of carbonyl (C=O) groups is 1. The SMILES string of the molecule is COc1cc(Nc2ccnc3[nH]c(C4=CCN(C(=O)N5CCN(C)CC5)CC4)cc23)cc(C)c1Cl. The summed E-state index contributed by atoms with van der Waals surface area (Å²) in [6, 6.07) is 8.13. The van der Waals surface area contributed by atoms with Crippen molar-refractivity contribution in [3.63, 3.8) is 0 Å². The summed E-state index contributed by atoms with van der Waals surface area (Å²) in [5.41, 5.74) is 5.85. The number of rotatable bonds is 4. The number of carbonyl (C=O) groups excluding carboxylic acids is 1. The van der Waals surface area contributed by atoms with Gasteiger partial charge in [0, 0.05) is 68.3 Å². The summed E-state index contributed by atoms with van der Waals surface area (Å²) in [5, 5.41) is 5.11. The molecule has 0 atom stereocenters. The second-order valence-corrected chi connectivity index (χ2v) is 9.61. The topological polar surface area (TPSA) is 76.7 Å². The molecule has 0 bridgehead atoms. The minimum atomic E-state index is 0.145. The molecule has 9 heteroatoms. The first-order chi connectivity index (χ1) is 16.9. The lowest BCUT2D eigenvalue weighted by Gasteiger charge is -2.37. The molecule has 2 aliphatic rings. The highest BCUT2D eigenvalue weighted by atomic mass is 35.5. The zero-order valence-electron chi connectivity index (χ0n) is 20.4. The predicted octanol–water partition coefficient (Wildman–Crippen LogP) is 4.73. The summed E-state index contributed by atoms with van der Waals surface area (Å²) < 4.78 is 5.41. The van der Waals surface area contributed by atoms with E-state index in [1.807, 2.05) is 34.9 Å². The maximum atomic E-state index is 12.9. The van der Waals surface area contributed by atoms with Gasteiger partial charge in [-0.25, -0.2) is 9.78 Å². The minimum absolute atomic E-state index is 0.145. The summed E-state index contributed by atoms with van der Waals surface area (Å²) >= 11 is 6.33. The molecule has 2 aliphatic heterocycles. The molecule has 0 aliphatic carbocycles. The smallest absolute Gasteiger partial charge is 0.320 e. The number of pyridine rings is 1. The minimum Gasteiger partial charge on any atom is -0.495 e. The van der Waals surface area contributed by atoms with E-state index in [9.17, 15) is 4.79 Å². The van der Waals surface area contributed by atoms with Crippen molar-refractivity contribution in [1.29, 1.82) is 0 Å². The third-order valence-corrected chi connectivity index (χ3v) is 7.34. The lowest BCUT2D eigenvalue weighted by Crippen LogP contribution is -2.52. The van der Waals surface area contributed by atoms with E-state index in [1.165, 1.54) is 5.57 Å². The Balaban J connectivity index is 1.33. The largest absolute Gasteiger partial charge is 0.495 e. The average molecular weight is 495 g/mol. The summed E-state index contributed by atoms with van der Waals surface area (Å²) in [6.45, 7) is 6.76. The fourth-order valence-corrected chi connectivity index (χ4v) is 4.89. The Morgan fingerprint density at radius 1 is 1.14 bits per heavy atom. The number of aryl methyl sites for hydroxylation is 1. The van der Waals surface area contributed by atoms with Gasteiger partial charge in [0.1, 0.15) is 11.4 Å². The summed E-state index contributed by atoms with van der Waals surface area (Å²) in [4.78, 5) is 27.1. The van der Waals surface area contributed by atoms with Crippen molar-refractivity contribution in [2.24, 2.45) is 0 Å². The Labute approximate surface area is 210 Å². The van der Waals surface area contributed by atoms with Crippen molar-refractivity contribution in [3.8, 4) is 5.75 Å². The van der Waals surface area contributed by atoms with Crippen molar-refractivity contribution in [2.75, 3.05) is 58.7 Å². The standard InChI is InChI=1S/C26H31ClN6O2/c1-17-14-19(15-23(35-3)24(17)27)29-21-4-7-28-25-20(21)16-22(30-25)18-5-8-32(9-6-18)26(34)33-12-10-31(2)11-13-33/h4-5,7,14-16H,6,8-13H2,1-3H3,(H2,28,29,30). The highest BCUT2D eigenvalue weighted by Crippen LogP contribution is 2.35. The Morgan fingerprint density at radius 2 is 1.94 bits per heavy atom. The lowest BCUT2D eigenvalue weighted by atomic mass is 10.0. The third-order valence-electron chi connectivity index (χ3n) is 6.85. The second kappa shape index (κ2) is 9.79. The number of amides is 2. The highest BCUT2D eigenvalue weighted by molar-refractivity contribution is 6.33. The number of hydrogen-bond donors (Lipinski definition) is 2. The van der Waals surface area contributed by atoms with Crippen LogP contribution in [0.4, 0.5) is 16.2 Å². The van der Waals surface area contributed by atoms with E-state index < -0.39 is 0 Å². The quantitative estimate of drug-likeness (QED) is 0.548. The fraction of sp³-hybridized carbons (Fsp3) is 0.385. The van der Waals surface area contributed by atoms with Gasteiger partial charge in [-0.2, -0.15) is 0 Å². The first kappa shape index (κ1) is 23.5. The van der Waals surface area contributed by atoms with Crippen LogP contribution < -0.4 is 10.1 Å². The lowest BCUT2D eigenvalue weighted by molar-refractivity contribution is 0.125. The average Bonchev–Trinajstić information content (AvgIpc) is 3.32. The Hall–Kier alpha value is -3.23. The molecule has 35 heavy (non-hydrogen) atoms. The molecule has 0 unspecified atom stereocenters. The van der Waals surface area contributed by atoms with Crippen molar-refractivity contribution in [3.05, 3.63) is 52.8 Å². The van der Waals surface area contributed by atoms with Gasteiger partial charge < -0.3 is 29.7 Å². The molecule has 3 aromatic rings. The number of benzene rings is 1. The maximum absolute atomic E-state index is 12.9. The number of H-pyrrole nitrogens is 1. The molecule has 0 spiro atoms. The number of methoxy groups -OCH3 is 1. The number of nitrogens with one attached hydrogen (secondary N) is 2. The molecular weight excluding hydrogens is 464 g/mol. The van der Waals surface area contributed by atoms with Crippen LogP contribution in [0.5, 0.6) is 5.75 Å². The van der Waals surface area contributed by atoms with Crippen LogP contribution in [0.3, 0.4) is 0 Å². The van der Waals surface area contributed by atoms with Crippen LogP contribution in [-0.2, 0) is 0 Å². The molecule has 1 aromatic carbocycles. The van der Waals surface area contributed by atoms with Crippen LogP contribution in [0.25, 0.3) is 16.6 Å². The molecule has 184 valence electrons. The molecule has 2 amide bonds. The highest BCUT2D eigenvalue weighted by Gasteiger charge is 2.26. The fourth-order valence-electron chi connectivity index (χ4n) is 4.71.